The number of aromatic nitrogens is 2. The van der Waals surface area contributed by atoms with Gasteiger partial charge in [0.1, 0.15) is 17.0 Å². The summed E-state index contributed by atoms with van der Waals surface area (Å²) >= 11 is 0. The molecule has 1 amide bonds. The number of hydrogen-bond acceptors (Lipinski definition) is 4. The molecule has 2 heterocycles. The lowest BCUT2D eigenvalue weighted by Gasteiger charge is -2.07. The van der Waals surface area contributed by atoms with Gasteiger partial charge < -0.3 is 10.1 Å². The van der Waals surface area contributed by atoms with Gasteiger partial charge in [0, 0.05) is 18.9 Å². The van der Waals surface area contributed by atoms with Crippen molar-refractivity contribution in [2.75, 3.05) is 13.7 Å². The maximum absolute atomic E-state index is 12.5. The van der Waals surface area contributed by atoms with Crippen LogP contribution in [0.25, 0.3) is 5.65 Å². The molecule has 2 aromatic heterocycles. The zero-order valence-corrected chi connectivity index (χ0v) is 14.2. The topological polar surface area (TPSA) is 72.7 Å². The molecule has 6 heteroatoms. The van der Waals surface area contributed by atoms with Crippen LogP contribution in [0.3, 0.4) is 0 Å². The molecule has 0 saturated heterocycles. The van der Waals surface area contributed by atoms with Gasteiger partial charge in [-0.3, -0.25) is 14.0 Å². The number of benzene rings is 1. The molecule has 0 fully saturated rings. The zero-order valence-electron chi connectivity index (χ0n) is 14.2. The van der Waals surface area contributed by atoms with Crippen molar-refractivity contribution >= 4 is 11.6 Å². The molecule has 1 aromatic carbocycles. The summed E-state index contributed by atoms with van der Waals surface area (Å²) in [5, 5.41) is 2.77. The van der Waals surface area contributed by atoms with E-state index in [1.54, 1.807) is 19.4 Å². The number of nitrogens with zero attached hydrogens (tertiary/aromatic N) is 2. The quantitative estimate of drug-likeness (QED) is 0.773. The Kier molecular flexibility index (Phi) is 4.79. The van der Waals surface area contributed by atoms with Gasteiger partial charge in [0.05, 0.1) is 7.11 Å². The Bertz CT molecular complexity index is 979. The van der Waals surface area contributed by atoms with Crippen molar-refractivity contribution in [3.8, 4) is 5.75 Å². The summed E-state index contributed by atoms with van der Waals surface area (Å²) in [6.07, 6.45) is 3.65. The van der Waals surface area contributed by atoms with Crippen LogP contribution in [0.2, 0.25) is 0 Å². The molecule has 0 aliphatic rings. The molecule has 3 aromatic rings. The fourth-order valence-corrected chi connectivity index (χ4v) is 2.58. The Morgan fingerprint density at radius 3 is 2.92 bits per heavy atom. The summed E-state index contributed by atoms with van der Waals surface area (Å²) in [6.45, 7) is 2.30. The van der Waals surface area contributed by atoms with E-state index in [0.29, 0.717) is 18.6 Å². The molecule has 25 heavy (non-hydrogen) atoms. The molecule has 0 unspecified atom stereocenters. The molecule has 0 saturated carbocycles. The van der Waals surface area contributed by atoms with Crippen molar-refractivity contribution in [3.63, 3.8) is 0 Å². The lowest BCUT2D eigenvalue weighted by molar-refractivity contribution is 0.0952. The number of carbonyl (C=O) groups is 1. The van der Waals surface area contributed by atoms with Crippen LogP contribution in [0.1, 0.15) is 21.5 Å². The molecular weight excluding hydrogens is 318 g/mol. The van der Waals surface area contributed by atoms with Crippen LogP contribution < -0.4 is 15.6 Å². The van der Waals surface area contributed by atoms with Crippen LogP contribution in [0, 0.1) is 6.92 Å². The van der Waals surface area contributed by atoms with E-state index in [0.717, 1.165) is 16.9 Å². The Labute approximate surface area is 145 Å². The van der Waals surface area contributed by atoms with E-state index in [1.807, 2.05) is 37.3 Å². The number of hydrogen-bond donors (Lipinski definition) is 1. The van der Waals surface area contributed by atoms with E-state index in [1.165, 1.54) is 10.6 Å². The number of rotatable bonds is 5. The van der Waals surface area contributed by atoms with E-state index in [9.17, 15) is 9.59 Å². The van der Waals surface area contributed by atoms with Gasteiger partial charge in [-0.25, -0.2) is 4.98 Å². The van der Waals surface area contributed by atoms with Gasteiger partial charge in [-0.2, -0.15) is 0 Å². The third kappa shape index (κ3) is 3.68. The number of nitrogens with one attached hydrogen (secondary N) is 1. The maximum Gasteiger partial charge on any atom is 0.270 e. The summed E-state index contributed by atoms with van der Waals surface area (Å²) in [6, 6.07) is 11.3. The largest absolute Gasteiger partial charge is 0.497 e. The van der Waals surface area contributed by atoms with Crippen LogP contribution in [0.15, 0.2) is 53.6 Å². The third-order valence-electron chi connectivity index (χ3n) is 3.93. The van der Waals surface area contributed by atoms with Crippen LogP contribution in [-0.2, 0) is 6.42 Å². The van der Waals surface area contributed by atoms with Crippen LogP contribution >= 0.6 is 0 Å². The van der Waals surface area contributed by atoms with E-state index in [4.69, 9.17) is 4.74 Å². The SMILES string of the molecule is COc1cccc(CCNC(=O)c2cnc3ccc(C)cn3c2=O)c1. The second-order valence-electron chi connectivity index (χ2n) is 5.77. The highest BCUT2D eigenvalue weighted by atomic mass is 16.5. The van der Waals surface area contributed by atoms with E-state index in [2.05, 4.69) is 10.3 Å². The predicted octanol–water partition coefficient (Wildman–Crippen LogP) is 1.98. The monoisotopic (exact) mass is 337 g/mol. The van der Waals surface area contributed by atoms with Gasteiger partial charge in [-0.15, -0.1) is 0 Å². The average molecular weight is 337 g/mol. The summed E-state index contributed by atoms with van der Waals surface area (Å²) in [5.41, 5.74) is 2.15. The molecule has 1 N–H and O–H groups in total. The Morgan fingerprint density at radius 2 is 2.12 bits per heavy atom. The van der Waals surface area contributed by atoms with Gasteiger partial charge in [-0.05, 0) is 42.7 Å². The lowest BCUT2D eigenvalue weighted by atomic mass is 10.1. The molecule has 0 radical (unpaired) electrons. The number of carbonyl (C=O) groups excluding carboxylic acids is 1. The minimum absolute atomic E-state index is 0.0359. The van der Waals surface area contributed by atoms with Gasteiger partial charge in [0.15, 0.2) is 0 Å². The highest BCUT2D eigenvalue weighted by molar-refractivity contribution is 5.93. The van der Waals surface area contributed by atoms with Crippen molar-refractivity contribution in [2.45, 2.75) is 13.3 Å². The molecular formula is C19H19N3O3. The van der Waals surface area contributed by atoms with Crippen LogP contribution in [0.4, 0.5) is 0 Å². The normalized spacial score (nSPS) is 10.6. The van der Waals surface area contributed by atoms with Crippen molar-refractivity contribution < 1.29 is 9.53 Å². The third-order valence-corrected chi connectivity index (χ3v) is 3.93. The molecule has 0 bridgehead atoms. The number of fused-ring (bicyclic) bond motifs is 1. The van der Waals surface area contributed by atoms with Gasteiger partial charge in [-0.1, -0.05) is 18.2 Å². The average Bonchev–Trinajstić information content (AvgIpc) is 2.62. The summed E-state index contributed by atoms with van der Waals surface area (Å²) in [7, 11) is 1.61. The first kappa shape index (κ1) is 16.7. The molecule has 6 nitrogen and oxygen atoms in total. The Hall–Kier alpha value is -3.15. The fourth-order valence-electron chi connectivity index (χ4n) is 2.58. The summed E-state index contributed by atoms with van der Waals surface area (Å²) < 4.78 is 6.57. The smallest absolute Gasteiger partial charge is 0.270 e. The molecule has 0 spiro atoms. The second kappa shape index (κ2) is 7.17. The Balaban J connectivity index is 1.72. The minimum atomic E-state index is -0.420. The first-order valence-corrected chi connectivity index (χ1v) is 7.97. The number of pyridine rings is 1. The summed E-state index contributed by atoms with van der Waals surface area (Å²) in [4.78, 5) is 29.0. The number of methoxy groups -OCH3 is 1. The zero-order chi connectivity index (χ0) is 17.8. The van der Waals surface area contributed by atoms with Gasteiger partial charge in [0.25, 0.3) is 11.5 Å². The fraction of sp³-hybridized carbons (Fsp3) is 0.211. The predicted molar refractivity (Wildman–Crippen MR) is 95.2 cm³/mol. The van der Waals surface area contributed by atoms with Gasteiger partial charge >= 0.3 is 0 Å². The minimum Gasteiger partial charge on any atom is -0.497 e. The molecule has 128 valence electrons. The highest BCUT2D eigenvalue weighted by Gasteiger charge is 2.13. The van der Waals surface area contributed by atoms with Crippen molar-refractivity contribution in [2.24, 2.45) is 0 Å². The van der Waals surface area contributed by atoms with Crippen molar-refractivity contribution in [1.29, 1.82) is 0 Å². The summed E-state index contributed by atoms with van der Waals surface area (Å²) in [5.74, 6) is 0.354. The van der Waals surface area contributed by atoms with Crippen LogP contribution in [-0.4, -0.2) is 28.9 Å². The lowest BCUT2D eigenvalue weighted by Crippen LogP contribution is -2.32. The molecule has 3 rings (SSSR count). The van der Waals surface area contributed by atoms with Gasteiger partial charge in [0.2, 0.25) is 0 Å². The second-order valence-corrected chi connectivity index (χ2v) is 5.77. The first-order valence-electron chi connectivity index (χ1n) is 7.97. The van der Waals surface area contributed by atoms with E-state index in [-0.39, 0.29) is 11.1 Å². The highest BCUT2D eigenvalue weighted by Crippen LogP contribution is 2.12. The van der Waals surface area contributed by atoms with Crippen molar-refractivity contribution in [3.05, 3.63) is 75.8 Å². The van der Waals surface area contributed by atoms with E-state index < -0.39 is 5.91 Å². The maximum atomic E-state index is 12.5. The number of amides is 1. The number of ether oxygens (including phenoxy) is 1. The first-order chi connectivity index (χ1) is 12.1. The molecule has 0 atom stereocenters. The molecule has 0 aliphatic heterocycles. The van der Waals surface area contributed by atoms with E-state index >= 15 is 0 Å². The standard InChI is InChI=1S/C19H19N3O3/c1-13-6-7-17-21-11-16(19(24)22(17)12-13)18(23)20-9-8-14-4-3-5-15(10-14)25-2/h3-7,10-12H,8-9H2,1-2H3,(H,20,23). The Morgan fingerprint density at radius 1 is 1.28 bits per heavy atom. The molecule has 0 aliphatic carbocycles. The number of aryl methyl sites for hydroxylation is 1. The van der Waals surface area contributed by atoms with Crippen LogP contribution in [0.5, 0.6) is 5.75 Å². The van der Waals surface area contributed by atoms with Crippen molar-refractivity contribution in [1.82, 2.24) is 14.7 Å².